The van der Waals surface area contributed by atoms with Crippen LogP contribution in [0.2, 0.25) is 0 Å². The van der Waals surface area contributed by atoms with Gasteiger partial charge in [0.1, 0.15) is 12.0 Å². The van der Waals surface area contributed by atoms with Gasteiger partial charge < -0.3 is 14.3 Å². The summed E-state index contributed by atoms with van der Waals surface area (Å²) in [5.74, 6) is 0.569. The minimum atomic E-state index is -0.698. The van der Waals surface area contributed by atoms with Gasteiger partial charge in [-0.2, -0.15) is 0 Å². The molecule has 2 aromatic carbocycles. The zero-order valence-electron chi connectivity index (χ0n) is 17.4. The average Bonchev–Trinajstić information content (AvgIpc) is 3.37. The lowest BCUT2D eigenvalue weighted by atomic mass is 9.85. The first-order valence-corrected chi connectivity index (χ1v) is 10.6. The molecule has 0 spiro atoms. The van der Waals surface area contributed by atoms with Crippen LogP contribution in [0.4, 0.5) is 0 Å². The second kappa shape index (κ2) is 8.74. The Morgan fingerprint density at radius 1 is 1.30 bits per heavy atom. The highest BCUT2D eigenvalue weighted by atomic mass is 16.5. The normalized spacial score (nSPS) is 16.3. The van der Waals surface area contributed by atoms with Crippen LogP contribution < -0.4 is 4.74 Å². The molecule has 30 heavy (non-hydrogen) atoms. The molecule has 2 atom stereocenters. The minimum absolute atomic E-state index is 0.0989. The van der Waals surface area contributed by atoms with E-state index in [1.165, 1.54) is 11.1 Å². The number of aryl methyl sites for hydroxylation is 2. The monoisotopic (exact) mass is 405 g/mol. The molecule has 5 heteroatoms. The van der Waals surface area contributed by atoms with Crippen LogP contribution in [-0.2, 0) is 17.6 Å². The zero-order valence-corrected chi connectivity index (χ0v) is 17.4. The Bertz CT molecular complexity index is 1020. The van der Waals surface area contributed by atoms with Gasteiger partial charge in [-0.15, -0.1) is 0 Å². The Morgan fingerprint density at radius 3 is 2.83 bits per heavy atom. The summed E-state index contributed by atoms with van der Waals surface area (Å²) in [5.41, 5.74) is 5.26. The number of fused-ring (bicyclic) bond motifs is 1. The molecule has 1 aliphatic rings. The number of ether oxygens (including phenoxy) is 1. The molecule has 0 fully saturated rings. The molecule has 4 rings (SSSR count). The molecule has 1 aliphatic carbocycles. The molecule has 0 saturated heterocycles. The molecule has 1 N–H and O–H groups in total. The van der Waals surface area contributed by atoms with Gasteiger partial charge in [-0.1, -0.05) is 31.2 Å². The van der Waals surface area contributed by atoms with Crippen molar-refractivity contribution in [3.8, 4) is 17.2 Å². The van der Waals surface area contributed by atoms with Crippen LogP contribution in [0.15, 0.2) is 53.1 Å². The van der Waals surface area contributed by atoms with E-state index in [1.54, 1.807) is 6.26 Å². The van der Waals surface area contributed by atoms with E-state index in [4.69, 9.17) is 9.15 Å². The van der Waals surface area contributed by atoms with Gasteiger partial charge in [0.2, 0.25) is 5.89 Å². The maximum absolute atomic E-state index is 11.6. The summed E-state index contributed by atoms with van der Waals surface area (Å²) in [7, 11) is 0. The average molecular weight is 405 g/mol. The highest BCUT2D eigenvalue weighted by Crippen LogP contribution is 2.42. The lowest BCUT2D eigenvalue weighted by Crippen LogP contribution is -2.20. The number of hydrogen-bond donors (Lipinski definition) is 1. The number of rotatable bonds is 8. The molecule has 0 aliphatic heterocycles. The van der Waals surface area contributed by atoms with E-state index in [-0.39, 0.29) is 11.8 Å². The largest absolute Gasteiger partial charge is 0.493 e. The molecule has 2 unspecified atom stereocenters. The Kier molecular flexibility index (Phi) is 5.88. The molecule has 0 saturated carbocycles. The van der Waals surface area contributed by atoms with E-state index in [0.29, 0.717) is 25.3 Å². The van der Waals surface area contributed by atoms with Gasteiger partial charge in [-0.3, -0.25) is 4.79 Å². The Hall–Kier alpha value is -3.08. The lowest BCUT2D eigenvalue weighted by molar-refractivity contribution is -0.142. The maximum Gasteiger partial charge on any atom is 0.307 e. The van der Waals surface area contributed by atoms with E-state index >= 15 is 0 Å². The number of aliphatic carboxylic acids is 1. The Labute approximate surface area is 176 Å². The lowest BCUT2D eigenvalue weighted by Gasteiger charge is -2.20. The first-order valence-electron chi connectivity index (χ1n) is 10.6. The molecule has 0 amide bonds. The van der Waals surface area contributed by atoms with Crippen LogP contribution in [-0.4, -0.2) is 22.7 Å². The van der Waals surface area contributed by atoms with Crippen LogP contribution >= 0.6 is 0 Å². The first kappa shape index (κ1) is 20.2. The number of carbonyl (C=O) groups is 1. The van der Waals surface area contributed by atoms with Gasteiger partial charge in [0, 0.05) is 12.0 Å². The van der Waals surface area contributed by atoms with Crippen LogP contribution in [0.1, 0.15) is 48.1 Å². The molecule has 1 aromatic heterocycles. The van der Waals surface area contributed by atoms with Crippen molar-refractivity contribution in [1.82, 2.24) is 4.98 Å². The van der Waals surface area contributed by atoms with Crippen LogP contribution in [0.3, 0.4) is 0 Å². The highest BCUT2D eigenvalue weighted by molar-refractivity contribution is 5.72. The second-order valence-electron chi connectivity index (χ2n) is 7.92. The summed E-state index contributed by atoms with van der Waals surface area (Å²) in [6.07, 6.45) is 4.79. The molecule has 156 valence electrons. The number of nitrogens with zero attached hydrogens (tertiary/aromatic N) is 1. The van der Waals surface area contributed by atoms with Gasteiger partial charge in [0.25, 0.3) is 0 Å². The summed E-state index contributed by atoms with van der Waals surface area (Å²) in [6, 6.07) is 14.0. The third-order valence-corrected chi connectivity index (χ3v) is 5.99. The van der Waals surface area contributed by atoms with E-state index in [0.717, 1.165) is 35.4 Å². The topological polar surface area (TPSA) is 72.6 Å². The number of oxazole rings is 1. The molecule has 0 bridgehead atoms. The molecular weight excluding hydrogens is 378 g/mol. The minimum Gasteiger partial charge on any atom is -0.493 e. The zero-order chi connectivity index (χ0) is 21.1. The van der Waals surface area contributed by atoms with Crippen LogP contribution in [0.5, 0.6) is 5.75 Å². The Morgan fingerprint density at radius 2 is 2.10 bits per heavy atom. The van der Waals surface area contributed by atoms with Crippen LogP contribution in [0, 0.1) is 12.8 Å². The van der Waals surface area contributed by atoms with Crippen molar-refractivity contribution in [3.63, 3.8) is 0 Å². The standard InChI is InChI=1S/C25H27NO4/c1-3-20(25(27)28)21-10-9-18-14-23(16(2)13-22(18)21)29-12-11-19-15-30-24(26-19)17-7-5-4-6-8-17/h4-8,13-15,20-21H,3,9-12H2,1-2H3,(H,27,28). The summed E-state index contributed by atoms with van der Waals surface area (Å²) in [4.78, 5) is 16.2. The van der Waals surface area contributed by atoms with Crippen molar-refractivity contribution >= 4 is 5.97 Å². The van der Waals surface area contributed by atoms with Crippen molar-refractivity contribution in [3.05, 3.63) is 71.1 Å². The van der Waals surface area contributed by atoms with E-state index in [1.807, 2.05) is 44.2 Å². The Balaban J connectivity index is 1.41. The van der Waals surface area contributed by atoms with Crippen molar-refractivity contribution in [1.29, 1.82) is 0 Å². The quantitative estimate of drug-likeness (QED) is 0.542. The summed E-state index contributed by atoms with van der Waals surface area (Å²) in [6.45, 7) is 4.49. The maximum atomic E-state index is 11.6. The second-order valence-corrected chi connectivity index (χ2v) is 7.92. The van der Waals surface area contributed by atoms with Gasteiger partial charge >= 0.3 is 5.97 Å². The van der Waals surface area contributed by atoms with Crippen molar-refractivity contribution < 1.29 is 19.1 Å². The first-order chi connectivity index (χ1) is 14.6. The molecule has 5 nitrogen and oxygen atoms in total. The van der Waals surface area contributed by atoms with Crippen molar-refractivity contribution in [2.75, 3.05) is 6.61 Å². The summed E-state index contributed by atoms with van der Waals surface area (Å²) in [5, 5.41) is 9.54. The van der Waals surface area contributed by atoms with Crippen molar-refractivity contribution in [2.24, 2.45) is 5.92 Å². The fraction of sp³-hybridized carbons (Fsp3) is 0.360. The highest BCUT2D eigenvalue weighted by Gasteiger charge is 2.33. The smallest absolute Gasteiger partial charge is 0.307 e. The van der Waals surface area contributed by atoms with Gasteiger partial charge in [0.15, 0.2) is 0 Å². The fourth-order valence-electron chi connectivity index (χ4n) is 4.39. The SMILES string of the molecule is CCC(C(=O)O)C1CCc2cc(OCCc3coc(-c4ccccc4)n3)c(C)cc21. The van der Waals surface area contributed by atoms with Gasteiger partial charge in [0.05, 0.1) is 18.2 Å². The predicted octanol–water partition coefficient (Wildman–Crippen LogP) is 5.41. The molecule has 0 radical (unpaired) electrons. The number of aromatic nitrogens is 1. The molecule has 1 heterocycles. The van der Waals surface area contributed by atoms with E-state index < -0.39 is 5.97 Å². The summed E-state index contributed by atoms with van der Waals surface area (Å²) >= 11 is 0. The van der Waals surface area contributed by atoms with Gasteiger partial charge in [-0.05, 0) is 67.0 Å². The number of benzene rings is 2. The number of hydrogen-bond acceptors (Lipinski definition) is 4. The van der Waals surface area contributed by atoms with Crippen LogP contribution in [0.25, 0.3) is 11.5 Å². The van der Waals surface area contributed by atoms with E-state index in [2.05, 4.69) is 17.1 Å². The molecule has 3 aromatic rings. The fourth-order valence-corrected chi connectivity index (χ4v) is 4.39. The third kappa shape index (κ3) is 4.11. The van der Waals surface area contributed by atoms with Gasteiger partial charge in [-0.25, -0.2) is 4.98 Å². The number of carboxylic acids is 1. The summed E-state index contributed by atoms with van der Waals surface area (Å²) < 4.78 is 11.6. The predicted molar refractivity (Wildman–Crippen MR) is 115 cm³/mol. The van der Waals surface area contributed by atoms with E-state index in [9.17, 15) is 9.90 Å². The van der Waals surface area contributed by atoms with Crippen molar-refractivity contribution in [2.45, 2.75) is 45.4 Å². The third-order valence-electron chi connectivity index (χ3n) is 5.99. The number of carboxylic acid groups (broad SMARTS) is 1. The molecular formula is C25H27NO4.